The van der Waals surface area contributed by atoms with E-state index in [-0.39, 0.29) is 0 Å². The van der Waals surface area contributed by atoms with E-state index in [1.54, 1.807) is 0 Å². The van der Waals surface area contributed by atoms with Gasteiger partial charge in [0, 0.05) is 0 Å². The summed E-state index contributed by atoms with van der Waals surface area (Å²) in [4.78, 5) is 0. The third kappa shape index (κ3) is 3.54. The van der Waals surface area contributed by atoms with Crippen molar-refractivity contribution in [3.63, 3.8) is 0 Å². The van der Waals surface area contributed by atoms with Crippen LogP contribution in [0.25, 0.3) is 0 Å². The van der Waals surface area contributed by atoms with Crippen LogP contribution in [0.2, 0.25) is 0 Å². The molecule has 0 nitrogen and oxygen atoms in total. The van der Waals surface area contributed by atoms with Gasteiger partial charge in [-0.3, -0.25) is 0 Å². The topological polar surface area (TPSA) is 0 Å². The summed E-state index contributed by atoms with van der Waals surface area (Å²) in [6.45, 7) is 11.0. The summed E-state index contributed by atoms with van der Waals surface area (Å²) in [6.07, 6.45) is 2.31. The maximum atomic E-state index is 4.22. The van der Waals surface area contributed by atoms with Gasteiger partial charge in [0.25, 0.3) is 0 Å². The molecule has 2 atom stereocenters. The first kappa shape index (κ1) is 12.0. The average Bonchev–Trinajstić information content (AvgIpc) is 2.28. The van der Waals surface area contributed by atoms with Crippen molar-refractivity contribution in [3.8, 4) is 0 Å². The lowest BCUT2D eigenvalue weighted by Gasteiger charge is -2.20. The highest BCUT2D eigenvalue weighted by Gasteiger charge is 2.12. The van der Waals surface area contributed by atoms with E-state index in [1.165, 1.54) is 17.6 Å². The van der Waals surface area contributed by atoms with E-state index in [1.807, 2.05) is 0 Å². The van der Waals surface area contributed by atoms with Crippen LogP contribution in [0.3, 0.4) is 0 Å². The number of hydrogen-bond acceptors (Lipinski definition) is 0. The Morgan fingerprint density at radius 2 is 1.73 bits per heavy atom. The second-order valence-electron chi connectivity index (χ2n) is 4.47. The van der Waals surface area contributed by atoms with Crippen molar-refractivity contribution < 1.29 is 0 Å². The van der Waals surface area contributed by atoms with Gasteiger partial charge in [-0.15, -0.1) is 0 Å². The summed E-state index contributed by atoms with van der Waals surface area (Å²) in [6, 6.07) is 10.7. The number of allylic oxidation sites excluding steroid dienone is 1. The van der Waals surface area contributed by atoms with Crippen LogP contribution in [-0.4, -0.2) is 0 Å². The van der Waals surface area contributed by atoms with Crippen LogP contribution >= 0.6 is 0 Å². The fraction of sp³-hybridized carbons (Fsp3) is 0.467. The van der Waals surface area contributed by atoms with Gasteiger partial charge in [-0.1, -0.05) is 63.3 Å². The second kappa shape index (κ2) is 5.75. The Labute approximate surface area is 94.0 Å². The maximum Gasteiger partial charge on any atom is -0.0191 e. The van der Waals surface area contributed by atoms with Crippen LogP contribution in [0, 0.1) is 11.8 Å². The van der Waals surface area contributed by atoms with Crippen molar-refractivity contribution in [3.05, 3.63) is 48.0 Å². The number of benzene rings is 1. The summed E-state index contributed by atoms with van der Waals surface area (Å²) in [5.74, 6) is 1.23. The lowest BCUT2D eigenvalue weighted by Crippen LogP contribution is -2.09. The summed E-state index contributed by atoms with van der Waals surface area (Å²) in [5.41, 5.74) is 2.80. The molecular formula is C15H22. The molecule has 0 heteroatoms. The zero-order chi connectivity index (χ0) is 11.3. The van der Waals surface area contributed by atoms with Gasteiger partial charge in [-0.2, -0.15) is 0 Å². The molecule has 0 amide bonds. The van der Waals surface area contributed by atoms with Gasteiger partial charge in [-0.25, -0.2) is 0 Å². The van der Waals surface area contributed by atoms with Crippen LogP contribution in [-0.2, 0) is 6.42 Å². The number of rotatable bonds is 5. The third-order valence-corrected chi connectivity index (χ3v) is 3.26. The predicted molar refractivity (Wildman–Crippen MR) is 67.9 cm³/mol. The van der Waals surface area contributed by atoms with Gasteiger partial charge >= 0.3 is 0 Å². The monoisotopic (exact) mass is 202 g/mol. The van der Waals surface area contributed by atoms with Gasteiger partial charge in [-0.05, 0) is 30.2 Å². The van der Waals surface area contributed by atoms with Crippen molar-refractivity contribution in [2.75, 3.05) is 0 Å². The van der Waals surface area contributed by atoms with E-state index in [9.17, 15) is 0 Å². The van der Waals surface area contributed by atoms with Crippen LogP contribution < -0.4 is 0 Å². The Bertz CT molecular complexity index is 297. The molecule has 0 spiro atoms. The Balaban J connectivity index is 2.56. The van der Waals surface area contributed by atoms with Gasteiger partial charge in [0.05, 0.1) is 0 Å². The summed E-state index contributed by atoms with van der Waals surface area (Å²) in [5, 5.41) is 0. The second-order valence-corrected chi connectivity index (χ2v) is 4.47. The maximum absolute atomic E-state index is 4.22. The Hall–Kier alpha value is -1.04. The van der Waals surface area contributed by atoms with E-state index < -0.39 is 0 Å². The first-order valence-corrected chi connectivity index (χ1v) is 5.87. The molecule has 0 saturated heterocycles. The summed E-state index contributed by atoms with van der Waals surface area (Å²) in [7, 11) is 0. The molecule has 1 aromatic rings. The van der Waals surface area contributed by atoms with Gasteiger partial charge < -0.3 is 0 Å². The normalized spacial score (nSPS) is 14.6. The zero-order valence-corrected chi connectivity index (χ0v) is 10.2. The Kier molecular flexibility index (Phi) is 4.61. The Morgan fingerprint density at radius 1 is 1.13 bits per heavy atom. The van der Waals surface area contributed by atoms with E-state index in [2.05, 4.69) is 57.7 Å². The van der Waals surface area contributed by atoms with Crippen molar-refractivity contribution in [1.29, 1.82) is 0 Å². The molecule has 15 heavy (non-hydrogen) atoms. The minimum Gasteiger partial charge on any atom is -0.0993 e. The fourth-order valence-corrected chi connectivity index (χ4v) is 1.85. The van der Waals surface area contributed by atoms with Gasteiger partial charge in [0.2, 0.25) is 0 Å². The molecule has 0 heterocycles. The van der Waals surface area contributed by atoms with Crippen molar-refractivity contribution in [1.82, 2.24) is 0 Å². The van der Waals surface area contributed by atoms with E-state index >= 15 is 0 Å². The lowest BCUT2D eigenvalue weighted by atomic mass is 9.86. The largest absolute Gasteiger partial charge is 0.0993 e. The molecule has 0 fully saturated rings. The standard InChI is InChI=1S/C15H22/c1-5-12(2)14(4)13(3)11-15-9-7-6-8-10-15/h6-10,12-13H,4-5,11H2,1-3H3/t12-,13?/m0/s1. The zero-order valence-electron chi connectivity index (χ0n) is 10.2. The molecule has 0 aliphatic carbocycles. The third-order valence-electron chi connectivity index (χ3n) is 3.26. The molecule has 0 bridgehead atoms. The molecular weight excluding hydrogens is 180 g/mol. The SMILES string of the molecule is C=C(C(C)Cc1ccccc1)[C@@H](C)CC. The average molecular weight is 202 g/mol. The molecule has 0 aliphatic rings. The van der Waals surface area contributed by atoms with E-state index in [4.69, 9.17) is 0 Å². The van der Waals surface area contributed by atoms with E-state index in [0.29, 0.717) is 11.8 Å². The first-order chi connectivity index (χ1) is 7.15. The number of hydrogen-bond donors (Lipinski definition) is 0. The molecule has 0 saturated carbocycles. The molecule has 1 unspecified atom stereocenters. The summed E-state index contributed by atoms with van der Waals surface area (Å²) >= 11 is 0. The molecule has 1 aromatic carbocycles. The van der Waals surface area contributed by atoms with Crippen molar-refractivity contribution in [2.45, 2.75) is 33.6 Å². The van der Waals surface area contributed by atoms with Crippen LogP contribution in [0.5, 0.6) is 0 Å². The smallest absolute Gasteiger partial charge is 0.0191 e. The lowest BCUT2D eigenvalue weighted by molar-refractivity contribution is 0.542. The molecule has 82 valence electrons. The van der Waals surface area contributed by atoms with Crippen molar-refractivity contribution in [2.24, 2.45) is 11.8 Å². The van der Waals surface area contributed by atoms with Gasteiger partial charge in [0.1, 0.15) is 0 Å². The Morgan fingerprint density at radius 3 is 2.27 bits per heavy atom. The van der Waals surface area contributed by atoms with E-state index in [0.717, 1.165) is 6.42 Å². The molecule has 1 rings (SSSR count). The quantitative estimate of drug-likeness (QED) is 0.618. The van der Waals surface area contributed by atoms with Crippen molar-refractivity contribution >= 4 is 0 Å². The highest BCUT2D eigenvalue weighted by Crippen LogP contribution is 2.23. The van der Waals surface area contributed by atoms with Crippen LogP contribution in [0.4, 0.5) is 0 Å². The van der Waals surface area contributed by atoms with Gasteiger partial charge in [0.15, 0.2) is 0 Å². The highest BCUT2D eigenvalue weighted by molar-refractivity contribution is 5.18. The molecule has 0 aliphatic heterocycles. The fourth-order valence-electron chi connectivity index (χ4n) is 1.85. The summed E-state index contributed by atoms with van der Waals surface area (Å²) < 4.78 is 0. The molecule has 0 radical (unpaired) electrons. The minimum absolute atomic E-state index is 0.586. The van der Waals surface area contributed by atoms with Crippen LogP contribution in [0.15, 0.2) is 42.5 Å². The minimum atomic E-state index is 0.586. The predicted octanol–water partition coefficient (Wildman–Crippen LogP) is 4.47. The van der Waals surface area contributed by atoms with Crippen LogP contribution in [0.1, 0.15) is 32.8 Å². The molecule has 0 aromatic heterocycles. The highest BCUT2D eigenvalue weighted by atomic mass is 14.2. The molecule has 0 N–H and O–H groups in total. The first-order valence-electron chi connectivity index (χ1n) is 5.87.